The third-order valence-corrected chi connectivity index (χ3v) is 8.77. The molecule has 3 aromatic rings. The van der Waals surface area contributed by atoms with E-state index in [1.165, 1.54) is 57.4 Å². The van der Waals surface area contributed by atoms with Crippen LogP contribution in [0.1, 0.15) is 115 Å². The number of halogens is 3. The Morgan fingerprint density at radius 2 is 1.30 bits per heavy atom. The van der Waals surface area contributed by atoms with Crippen molar-refractivity contribution in [3.63, 3.8) is 0 Å². The van der Waals surface area contributed by atoms with E-state index in [-0.39, 0.29) is 23.0 Å². The molecule has 0 radical (unpaired) electrons. The van der Waals surface area contributed by atoms with Crippen LogP contribution in [0, 0.1) is 17.5 Å². The van der Waals surface area contributed by atoms with Gasteiger partial charge in [-0.2, -0.15) is 4.39 Å². The summed E-state index contributed by atoms with van der Waals surface area (Å²) in [6.45, 7) is 5.41. The van der Waals surface area contributed by atoms with Crippen LogP contribution in [0.15, 0.2) is 54.6 Å². The number of hydrogen-bond donors (Lipinski definition) is 0. The van der Waals surface area contributed by atoms with Crippen molar-refractivity contribution in [2.45, 2.75) is 116 Å². The van der Waals surface area contributed by atoms with Crippen LogP contribution in [0.5, 0.6) is 5.75 Å². The maximum absolute atomic E-state index is 15.3. The van der Waals surface area contributed by atoms with Gasteiger partial charge in [-0.15, -0.1) is 0 Å². The minimum absolute atomic E-state index is 0.0603. The maximum atomic E-state index is 15.3. The fourth-order valence-corrected chi connectivity index (χ4v) is 6.05. The number of hydrogen-bond acceptors (Lipinski definition) is 2. The molecule has 1 heterocycles. The lowest BCUT2D eigenvalue weighted by atomic mass is 9.89. The largest absolute Gasteiger partial charge is 0.490 e. The first-order valence-corrected chi connectivity index (χ1v) is 16.6. The summed E-state index contributed by atoms with van der Waals surface area (Å²) in [5, 5.41) is 0. The topological polar surface area (TPSA) is 18.5 Å². The Bertz CT molecular complexity index is 1250. The molecule has 0 saturated carbocycles. The first-order valence-electron chi connectivity index (χ1n) is 16.6. The lowest BCUT2D eigenvalue weighted by Gasteiger charge is -2.29. The standard InChI is InChI=1S/C38H49F3O2/c1-3-5-7-9-11-13-25-42-36-24-23-34(37(40)38(36)41)29-17-15-28(16-18-29)33-22-20-30(26-35(33)39)31-19-21-32(43-27-31)14-12-10-8-6-4-2/h15-18,20,22-24,26,31-32H,3-14,19,21,25,27H2,1-2H3. The van der Waals surface area contributed by atoms with Gasteiger partial charge in [-0.05, 0) is 60.6 Å². The molecule has 1 saturated heterocycles. The summed E-state index contributed by atoms with van der Waals surface area (Å²) in [7, 11) is 0. The second kappa shape index (κ2) is 17.5. The van der Waals surface area contributed by atoms with Crippen molar-refractivity contribution in [3.05, 3.63) is 77.6 Å². The monoisotopic (exact) mass is 594 g/mol. The molecule has 2 unspecified atom stereocenters. The summed E-state index contributed by atoms with van der Waals surface area (Å²) in [5.41, 5.74) is 2.83. The van der Waals surface area contributed by atoms with Gasteiger partial charge in [0.2, 0.25) is 5.82 Å². The SMILES string of the molecule is CCCCCCCCOc1ccc(-c2ccc(-c3ccc(C4CCC(CCCCCCC)OC4)cc3F)cc2)c(F)c1F. The Hall–Kier alpha value is -2.79. The van der Waals surface area contributed by atoms with Crippen LogP contribution in [-0.2, 0) is 4.74 Å². The molecule has 234 valence electrons. The quantitative estimate of drug-likeness (QED) is 0.145. The Morgan fingerprint density at radius 3 is 1.95 bits per heavy atom. The molecule has 1 aliphatic rings. The number of ether oxygens (including phenoxy) is 2. The highest BCUT2D eigenvalue weighted by atomic mass is 19.2. The molecule has 3 aromatic carbocycles. The third kappa shape index (κ3) is 9.60. The second-order valence-electron chi connectivity index (χ2n) is 12.1. The van der Waals surface area contributed by atoms with E-state index < -0.39 is 11.6 Å². The summed E-state index contributed by atoms with van der Waals surface area (Å²) in [5.74, 6) is -2.04. The van der Waals surface area contributed by atoms with Gasteiger partial charge >= 0.3 is 0 Å². The average molecular weight is 595 g/mol. The zero-order valence-electron chi connectivity index (χ0n) is 26.1. The molecule has 0 amide bonds. The first-order chi connectivity index (χ1) is 21.0. The molecule has 5 heteroatoms. The van der Waals surface area contributed by atoms with Crippen LogP contribution >= 0.6 is 0 Å². The van der Waals surface area contributed by atoms with Crippen molar-refractivity contribution in [1.29, 1.82) is 0 Å². The first kappa shape index (κ1) is 33.1. The molecule has 0 aromatic heterocycles. The van der Waals surface area contributed by atoms with Crippen LogP contribution in [0.3, 0.4) is 0 Å². The van der Waals surface area contributed by atoms with E-state index >= 15 is 4.39 Å². The van der Waals surface area contributed by atoms with Crippen molar-refractivity contribution < 1.29 is 22.6 Å². The Balaban J connectivity index is 1.31. The van der Waals surface area contributed by atoms with Crippen molar-refractivity contribution >= 4 is 0 Å². The predicted octanol–water partition coefficient (Wildman–Crippen LogP) is 11.8. The van der Waals surface area contributed by atoms with Gasteiger partial charge in [-0.3, -0.25) is 0 Å². The zero-order valence-corrected chi connectivity index (χ0v) is 26.1. The highest BCUT2D eigenvalue weighted by Gasteiger charge is 2.24. The molecule has 1 aliphatic heterocycles. The third-order valence-electron chi connectivity index (χ3n) is 8.77. The van der Waals surface area contributed by atoms with E-state index in [1.807, 2.05) is 12.1 Å². The zero-order chi connectivity index (χ0) is 30.4. The number of unbranched alkanes of at least 4 members (excludes halogenated alkanes) is 9. The van der Waals surface area contributed by atoms with Gasteiger partial charge in [0.15, 0.2) is 11.6 Å². The van der Waals surface area contributed by atoms with Gasteiger partial charge in [-0.1, -0.05) is 114 Å². The van der Waals surface area contributed by atoms with Gasteiger partial charge < -0.3 is 9.47 Å². The van der Waals surface area contributed by atoms with Crippen molar-refractivity contribution in [3.8, 4) is 28.0 Å². The van der Waals surface area contributed by atoms with E-state index in [4.69, 9.17) is 9.47 Å². The van der Waals surface area contributed by atoms with Gasteiger partial charge in [0.1, 0.15) is 5.82 Å². The van der Waals surface area contributed by atoms with E-state index in [2.05, 4.69) is 13.8 Å². The number of rotatable bonds is 17. The second-order valence-corrected chi connectivity index (χ2v) is 12.1. The van der Waals surface area contributed by atoms with Crippen LogP contribution in [0.25, 0.3) is 22.3 Å². The molecular formula is C38H49F3O2. The Labute approximate surface area is 257 Å². The van der Waals surface area contributed by atoms with E-state index in [0.717, 1.165) is 44.1 Å². The van der Waals surface area contributed by atoms with Gasteiger partial charge in [0.25, 0.3) is 0 Å². The minimum atomic E-state index is -0.973. The van der Waals surface area contributed by atoms with E-state index in [0.29, 0.717) is 36.0 Å². The summed E-state index contributed by atoms with van der Waals surface area (Å²) in [6.07, 6.45) is 16.4. The molecule has 43 heavy (non-hydrogen) atoms. The maximum Gasteiger partial charge on any atom is 0.201 e. The molecular weight excluding hydrogens is 545 g/mol. The smallest absolute Gasteiger partial charge is 0.201 e. The minimum Gasteiger partial charge on any atom is -0.490 e. The van der Waals surface area contributed by atoms with Gasteiger partial charge in [0, 0.05) is 17.0 Å². The predicted molar refractivity (Wildman–Crippen MR) is 171 cm³/mol. The molecule has 0 bridgehead atoms. The summed E-state index contributed by atoms with van der Waals surface area (Å²) >= 11 is 0. The molecule has 2 nitrogen and oxygen atoms in total. The lowest BCUT2D eigenvalue weighted by molar-refractivity contribution is -0.00217. The Morgan fingerprint density at radius 1 is 0.674 bits per heavy atom. The summed E-state index contributed by atoms with van der Waals surface area (Å²) in [4.78, 5) is 0. The molecule has 4 rings (SSSR count). The normalized spacial score (nSPS) is 16.9. The number of benzene rings is 3. The van der Waals surface area contributed by atoms with Crippen LogP contribution in [0.4, 0.5) is 13.2 Å². The lowest BCUT2D eigenvalue weighted by Crippen LogP contribution is -2.24. The van der Waals surface area contributed by atoms with Crippen LogP contribution in [0.2, 0.25) is 0 Å². The fraction of sp³-hybridized carbons (Fsp3) is 0.526. The van der Waals surface area contributed by atoms with Crippen molar-refractivity contribution in [2.75, 3.05) is 13.2 Å². The highest BCUT2D eigenvalue weighted by molar-refractivity contribution is 5.71. The summed E-state index contributed by atoms with van der Waals surface area (Å²) in [6, 6.07) is 15.4. The average Bonchev–Trinajstić information content (AvgIpc) is 3.03. The molecule has 1 fully saturated rings. The Kier molecular flexibility index (Phi) is 13.5. The molecule has 0 spiro atoms. The van der Waals surface area contributed by atoms with Gasteiger partial charge in [0.05, 0.1) is 19.3 Å². The van der Waals surface area contributed by atoms with Crippen LogP contribution < -0.4 is 4.74 Å². The van der Waals surface area contributed by atoms with E-state index in [1.54, 1.807) is 36.4 Å². The molecule has 2 atom stereocenters. The van der Waals surface area contributed by atoms with Crippen molar-refractivity contribution in [2.24, 2.45) is 0 Å². The highest BCUT2D eigenvalue weighted by Crippen LogP contribution is 2.35. The van der Waals surface area contributed by atoms with Crippen LogP contribution in [-0.4, -0.2) is 19.3 Å². The summed E-state index contributed by atoms with van der Waals surface area (Å²) < 4.78 is 56.7. The van der Waals surface area contributed by atoms with E-state index in [9.17, 15) is 8.78 Å². The molecule has 0 N–H and O–H groups in total. The van der Waals surface area contributed by atoms with Crippen molar-refractivity contribution in [1.82, 2.24) is 0 Å². The molecule has 0 aliphatic carbocycles. The van der Waals surface area contributed by atoms with Gasteiger partial charge in [-0.25, -0.2) is 8.78 Å². The fourth-order valence-electron chi connectivity index (χ4n) is 6.05.